The van der Waals surface area contributed by atoms with Crippen LogP contribution in [0.2, 0.25) is 0 Å². The fourth-order valence-electron chi connectivity index (χ4n) is 2.74. The molecule has 0 aliphatic heterocycles. The van der Waals surface area contributed by atoms with E-state index in [1.165, 1.54) is 16.2 Å². The Hall–Kier alpha value is -2.21. The summed E-state index contributed by atoms with van der Waals surface area (Å²) in [6, 6.07) is 9.21. The Labute approximate surface area is 145 Å². The maximum Gasteiger partial charge on any atom is 0.326 e. The molecule has 0 spiro atoms. The number of carboxylic acid groups (broad SMARTS) is 1. The van der Waals surface area contributed by atoms with Crippen LogP contribution < -0.4 is 0 Å². The van der Waals surface area contributed by atoms with Crippen LogP contribution in [-0.4, -0.2) is 39.0 Å². The highest BCUT2D eigenvalue weighted by molar-refractivity contribution is 7.13. The fourth-order valence-corrected chi connectivity index (χ4v) is 3.79. The summed E-state index contributed by atoms with van der Waals surface area (Å²) in [4.78, 5) is 30.8. The van der Waals surface area contributed by atoms with Crippen LogP contribution in [0.25, 0.3) is 0 Å². The molecular formula is C18H20N2O3S. The van der Waals surface area contributed by atoms with Crippen molar-refractivity contribution >= 4 is 23.2 Å². The second-order valence-electron chi connectivity index (χ2n) is 6.14. The predicted molar refractivity (Wildman–Crippen MR) is 92.4 cm³/mol. The molecule has 1 aliphatic carbocycles. The first-order valence-corrected chi connectivity index (χ1v) is 8.84. The minimum atomic E-state index is -0.970. The average molecular weight is 344 g/mol. The van der Waals surface area contributed by atoms with Crippen LogP contribution in [-0.2, 0) is 11.2 Å². The summed E-state index contributed by atoms with van der Waals surface area (Å²) in [6.07, 6.45) is 2.42. The number of amides is 1. The van der Waals surface area contributed by atoms with Crippen LogP contribution in [0.15, 0.2) is 30.3 Å². The second-order valence-corrected chi connectivity index (χ2v) is 7.23. The summed E-state index contributed by atoms with van der Waals surface area (Å²) in [5.74, 6) is -1.18. The van der Waals surface area contributed by atoms with Crippen LogP contribution in [0, 0.1) is 6.92 Å². The molecule has 1 unspecified atom stereocenters. The Kier molecular flexibility index (Phi) is 4.66. The van der Waals surface area contributed by atoms with Crippen molar-refractivity contribution in [1.82, 2.24) is 9.88 Å². The van der Waals surface area contributed by atoms with Gasteiger partial charge in [-0.1, -0.05) is 30.3 Å². The Bertz CT molecular complexity index is 753. The first kappa shape index (κ1) is 16.6. The number of aryl methyl sites for hydroxylation is 1. The van der Waals surface area contributed by atoms with Gasteiger partial charge in [0, 0.05) is 12.5 Å². The summed E-state index contributed by atoms with van der Waals surface area (Å²) in [7, 11) is 0. The molecule has 1 aliphatic rings. The Morgan fingerprint density at radius 1 is 1.33 bits per heavy atom. The molecule has 1 aromatic carbocycles. The van der Waals surface area contributed by atoms with Crippen molar-refractivity contribution < 1.29 is 14.7 Å². The lowest BCUT2D eigenvalue weighted by atomic mass is 10.2. The maximum absolute atomic E-state index is 12.9. The highest BCUT2D eigenvalue weighted by atomic mass is 32.1. The highest BCUT2D eigenvalue weighted by Crippen LogP contribution is 2.32. The van der Waals surface area contributed by atoms with Crippen LogP contribution >= 0.6 is 11.3 Å². The molecule has 1 saturated carbocycles. The van der Waals surface area contributed by atoms with Gasteiger partial charge in [0.15, 0.2) is 0 Å². The molecule has 0 bridgehead atoms. The number of nitrogens with zero attached hydrogens (tertiary/aromatic N) is 2. The van der Waals surface area contributed by atoms with Gasteiger partial charge >= 0.3 is 5.97 Å². The predicted octanol–water partition coefficient (Wildman–Crippen LogP) is 3.12. The normalized spacial score (nSPS) is 15.1. The second kappa shape index (κ2) is 6.73. The number of rotatable bonds is 6. The fraction of sp³-hybridized carbons (Fsp3) is 0.389. The lowest BCUT2D eigenvalue weighted by molar-refractivity contribution is -0.141. The number of aromatic nitrogens is 1. The number of thiazole rings is 1. The molecule has 6 heteroatoms. The van der Waals surface area contributed by atoms with Gasteiger partial charge in [0.2, 0.25) is 0 Å². The number of hydrogen-bond donors (Lipinski definition) is 1. The van der Waals surface area contributed by atoms with Gasteiger partial charge in [-0.05, 0) is 32.3 Å². The molecule has 0 radical (unpaired) electrons. The number of carbonyl (C=O) groups is 2. The van der Waals surface area contributed by atoms with Crippen molar-refractivity contribution in [2.45, 2.75) is 45.2 Å². The van der Waals surface area contributed by atoms with Crippen LogP contribution in [0.5, 0.6) is 0 Å². The van der Waals surface area contributed by atoms with E-state index in [0.717, 1.165) is 23.4 Å². The average Bonchev–Trinajstić information content (AvgIpc) is 3.31. The number of hydrogen-bond acceptors (Lipinski definition) is 4. The summed E-state index contributed by atoms with van der Waals surface area (Å²) >= 11 is 1.37. The van der Waals surface area contributed by atoms with E-state index in [4.69, 9.17) is 0 Å². The molecule has 1 heterocycles. The number of benzene rings is 1. The van der Waals surface area contributed by atoms with Crippen molar-refractivity contribution in [3.63, 3.8) is 0 Å². The van der Waals surface area contributed by atoms with Crippen molar-refractivity contribution in [2.24, 2.45) is 0 Å². The van der Waals surface area contributed by atoms with Crippen molar-refractivity contribution in [3.05, 3.63) is 51.5 Å². The zero-order valence-electron chi connectivity index (χ0n) is 13.7. The third-order valence-electron chi connectivity index (χ3n) is 4.18. The van der Waals surface area contributed by atoms with Crippen molar-refractivity contribution in [3.8, 4) is 0 Å². The third kappa shape index (κ3) is 3.48. The Morgan fingerprint density at radius 3 is 2.58 bits per heavy atom. The van der Waals surface area contributed by atoms with E-state index in [9.17, 15) is 14.7 Å². The van der Waals surface area contributed by atoms with Gasteiger partial charge in [-0.2, -0.15) is 0 Å². The molecule has 3 rings (SSSR count). The van der Waals surface area contributed by atoms with E-state index in [1.807, 2.05) is 37.3 Å². The number of carboxylic acids is 1. The van der Waals surface area contributed by atoms with Gasteiger partial charge in [-0.3, -0.25) is 4.79 Å². The molecule has 1 atom stereocenters. The minimum absolute atomic E-state index is 0.0441. The molecule has 126 valence electrons. The summed E-state index contributed by atoms with van der Waals surface area (Å²) in [6.45, 7) is 3.38. The molecule has 24 heavy (non-hydrogen) atoms. The standard InChI is InChI=1S/C18H20N2O3S/c1-11-16(17(21)20(14-8-9-14)12(2)18(22)23)24-15(19-11)10-13-6-4-3-5-7-13/h3-7,12,14H,8-10H2,1-2H3,(H,22,23). The van der Waals surface area contributed by atoms with Crippen LogP contribution in [0.4, 0.5) is 0 Å². The van der Waals surface area contributed by atoms with Gasteiger partial charge in [0.05, 0.1) is 10.7 Å². The van der Waals surface area contributed by atoms with Gasteiger partial charge in [-0.25, -0.2) is 9.78 Å². The lowest BCUT2D eigenvalue weighted by Gasteiger charge is -2.26. The van der Waals surface area contributed by atoms with E-state index in [2.05, 4.69) is 4.98 Å². The maximum atomic E-state index is 12.9. The van der Waals surface area contributed by atoms with Gasteiger partial charge in [-0.15, -0.1) is 11.3 Å². The monoisotopic (exact) mass is 344 g/mol. The molecule has 1 amide bonds. The Morgan fingerprint density at radius 2 is 2.00 bits per heavy atom. The van der Waals surface area contributed by atoms with Crippen LogP contribution in [0.3, 0.4) is 0 Å². The highest BCUT2D eigenvalue weighted by Gasteiger charge is 2.39. The van der Waals surface area contributed by atoms with Crippen molar-refractivity contribution in [2.75, 3.05) is 0 Å². The van der Waals surface area contributed by atoms with E-state index in [-0.39, 0.29) is 11.9 Å². The smallest absolute Gasteiger partial charge is 0.326 e. The molecular weight excluding hydrogens is 324 g/mol. The molecule has 1 N–H and O–H groups in total. The van der Waals surface area contributed by atoms with E-state index >= 15 is 0 Å². The minimum Gasteiger partial charge on any atom is -0.480 e. The number of carbonyl (C=O) groups excluding carboxylic acids is 1. The van der Waals surface area contributed by atoms with Crippen molar-refractivity contribution in [1.29, 1.82) is 0 Å². The van der Waals surface area contributed by atoms with E-state index in [1.54, 1.807) is 6.92 Å². The molecule has 2 aromatic rings. The van der Waals surface area contributed by atoms with Gasteiger partial charge in [0.1, 0.15) is 10.9 Å². The molecule has 0 saturated heterocycles. The zero-order chi connectivity index (χ0) is 17.3. The quantitative estimate of drug-likeness (QED) is 0.874. The summed E-state index contributed by atoms with van der Waals surface area (Å²) in [5, 5.41) is 10.2. The van der Waals surface area contributed by atoms with E-state index < -0.39 is 12.0 Å². The van der Waals surface area contributed by atoms with Gasteiger partial charge in [0.25, 0.3) is 5.91 Å². The molecule has 5 nitrogen and oxygen atoms in total. The Balaban J connectivity index is 1.83. The van der Waals surface area contributed by atoms with E-state index in [0.29, 0.717) is 17.0 Å². The zero-order valence-corrected chi connectivity index (χ0v) is 14.5. The first-order valence-electron chi connectivity index (χ1n) is 8.03. The third-order valence-corrected chi connectivity index (χ3v) is 5.33. The molecule has 1 fully saturated rings. The topological polar surface area (TPSA) is 70.5 Å². The first-order chi connectivity index (χ1) is 11.5. The van der Waals surface area contributed by atoms with Crippen LogP contribution in [0.1, 0.15) is 45.7 Å². The number of aliphatic carboxylic acids is 1. The van der Waals surface area contributed by atoms with Gasteiger partial charge < -0.3 is 10.0 Å². The molecule has 1 aromatic heterocycles. The summed E-state index contributed by atoms with van der Waals surface area (Å²) in [5.41, 5.74) is 1.82. The summed E-state index contributed by atoms with van der Waals surface area (Å²) < 4.78 is 0. The lowest BCUT2D eigenvalue weighted by Crippen LogP contribution is -2.44. The largest absolute Gasteiger partial charge is 0.480 e. The SMILES string of the molecule is Cc1nc(Cc2ccccc2)sc1C(=O)N(C1CC1)C(C)C(=O)O.